The van der Waals surface area contributed by atoms with Gasteiger partial charge >= 0.3 is 12.1 Å². The quantitative estimate of drug-likeness (QED) is 0.185. The second-order valence-electron chi connectivity index (χ2n) is 9.11. The van der Waals surface area contributed by atoms with Crippen molar-refractivity contribution in [3.63, 3.8) is 0 Å². The highest BCUT2D eigenvalue weighted by atomic mass is 16.6. The van der Waals surface area contributed by atoms with Crippen LogP contribution in [0.4, 0.5) is 10.5 Å². The molecule has 0 saturated carbocycles. The number of cyclic esters (lactones) is 2. The third kappa shape index (κ3) is 4.75. The van der Waals surface area contributed by atoms with E-state index >= 15 is 0 Å². The van der Waals surface area contributed by atoms with Crippen LogP contribution in [0.2, 0.25) is 0 Å². The smallest absolute Gasteiger partial charge is 0.378 e. The predicted molar refractivity (Wildman–Crippen MR) is 134 cm³/mol. The number of amides is 1. The number of nitrogens with zero attached hydrogens (tertiary/aromatic N) is 2. The molecule has 1 N–H and O–H groups in total. The number of esters is 1. The number of hydrogen-bond acceptors (Lipinski definition) is 4. The maximum atomic E-state index is 11.9. The van der Waals surface area contributed by atoms with E-state index in [4.69, 9.17) is 0 Å². The summed E-state index contributed by atoms with van der Waals surface area (Å²) in [6.07, 6.45) is 8.53. The van der Waals surface area contributed by atoms with Gasteiger partial charge in [-0.25, -0.2) is 9.59 Å². The van der Waals surface area contributed by atoms with E-state index < -0.39 is 12.1 Å². The molecule has 4 rings (SSSR count). The number of aromatic nitrogens is 1. The Balaban J connectivity index is 1.77. The van der Waals surface area contributed by atoms with Crippen molar-refractivity contribution in [3.05, 3.63) is 47.2 Å². The van der Waals surface area contributed by atoms with Crippen LogP contribution in [-0.2, 0) is 16.1 Å². The molecule has 1 aliphatic rings. The molecule has 33 heavy (non-hydrogen) atoms. The SMILES string of the molecule is CCCCCCCCn1c2ccc(N(C)C)cc2c2cc(/C=C3\NC(=O)OC3=O)cc(C)c21. The van der Waals surface area contributed by atoms with Crippen LogP contribution < -0.4 is 10.2 Å². The van der Waals surface area contributed by atoms with Gasteiger partial charge in [0.2, 0.25) is 0 Å². The molecule has 6 nitrogen and oxygen atoms in total. The monoisotopic (exact) mass is 447 g/mol. The van der Waals surface area contributed by atoms with Crippen LogP contribution in [-0.4, -0.2) is 30.7 Å². The molecule has 2 heterocycles. The van der Waals surface area contributed by atoms with Crippen molar-refractivity contribution in [2.45, 2.75) is 58.9 Å². The van der Waals surface area contributed by atoms with Crippen LogP contribution in [0, 0.1) is 6.92 Å². The standard InChI is InChI=1S/C27H33N3O3/c1-5-6-7-8-9-10-13-30-24-12-11-20(29(3)4)17-21(24)22-15-19(14-18(2)25(22)30)16-23-26(31)33-27(32)28-23/h11-12,14-17H,5-10,13H2,1-4H3,(H,28,32)/b23-16-. The van der Waals surface area contributed by atoms with E-state index in [2.05, 4.69) is 63.7 Å². The average Bonchev–Trinajstić information content (AvgIpc) is 3.26. The van der Waals surface area contributed by atoms with Crippen LogP contribution >= 0.6 is 0 Å². The van der Waals surface area contributed by atoms with Crippen molar-refractivity contribution in [2.75, 3.05) is 19.0 Å². The van der Waals surface area contributed by atoms with Gasteiger partial charge in [0.1, 0.15) is 5.70 Å². The van der Waals surface area contributed by atoms with Crippen LogP contribution in [0.15, 0.2) is 36.0 Å². The lowest BCUT2D eigenvalue weighted by Gasteiger charge is -2.13. The summed E-state index contributed by atoms with van der Waals surface area (Å²) in [5.41, 5.74) is 5.78. The van der Waals surface area contributed by atoms with Gasteiger partial charge in [-0.3, -0.25) is 5.32 Å². The van der Waals surface area contributed by atoms with Crippen molar-refractivity contribution in [2.24, 2.45) is 0 Å². The molecule has 0 atom stereocenters. The summed E-state index contributed by atoms with van der Waals surface area (Å²) in [5, 5.41) is 4.83. The van der Waals surface area contributed by atoms with Crippen molar-refractivity contribution >= 4 is 45.6 Å². The molecule has 0 aliphatic carbocycles. The first-order valence-electron chi connectivity index (χ1n) is 11.9. The number of alkyl carbamates (subject to hydrolysis) is 1. The van der Waals surface area contributed by atoms with Crippen LogP contribution in [0.5, 0.6) is 0 Å². The van der Waals surface area contributed by atoms with E-state index in [1.165, 1.54) is 48.5 Å². The lowest BCUT2D eigenvalue weighted by atomic mass is 10.0. The Morgan fingerprint density at radius 1 is 1.00 bits per heavy atom. The Bertz CT molecular complexity index is 1240. The molecular formula is C27H33N3O3. The molecule has 6 heteroatoms. The fourth-order valence-electron chi connectivity index (χ4n) is 4.70. The van der Waals surface area contributed by atoms with E-state index in [1.54, 1.807) is 6.08 Å². The average molecular weight is 448 g/mol. The molecule has 0 spiro atoms. The number of ether oxygens (including phenoxy) is 1. The van der Waals surface area contributed by atoms with Crippen molar-refractivity contribution in [1.29, 1.82) is 0 Å². The van der Waals surface area contributed by atoms with Gasteiger partial charge in [0.05, 0.1) is 5.52 Å². The molecule has 0 unspecified atom stereocenters. The molecule has 2 aromatic carbocycles. The first kappa shape index (κ1) is 22.9. The van der Waals surface area contributed by atoms with Gasteiger partial charge in [-0.05, 0) is 60.9 Å². The highest BCUT2D eigenvalue weighted by Crippen LogP contribution is 2.35. The number of nitrogens with one attached hydrogen (secondary N) is 1. The number of benzene rings is 2. The number of anilines is 1. The lowest BCUT2D eigenvalue weighted by Crippen LogP contribution is -2.11. The largest absolute Gasteiger partial charge is 0.419 e. The maximum Gasteiger partial charge on any atom is 0.419 e. The molecule has 1 saturated heterocycles. The molecule has 174 valence electrons. The third-order valence-corrected chi connectivity index (χ3v) is 6.36. The number of unbranched alkanes of at least 4 members (excludes halogenated alkanes) is 5. The Morgan fingerprint density at radius 2 is 1.76 bits per heavy atom. The van der Waals surface area contributed by atoms with Gasteiger partial charge in [0, 0.05) is 42.6 Å². The number of aryl methyl sites for hydroxylation is 2. The minimum absolute atomic E-state index is 0.170. The van der Waals surface area contributed by atoms with Gasteiger partial charge < -0.3 is 14.2 Å². The normalized spacial score (nSPS) is 15.0. The van der Waals surface area contributed by atoms with E-state index in [0.29, 0.717) is 0 Å². The molecule has 1 aromatic heterocycles. The zero-order valence-electron chi connectivity index (χ0n) is 20.0. The molecular weight excluding hydrogens is 414 g/mol. The highest BCUT2D eigenvalue weighted by molar-refractivity contribution is 6.11. The number of carbonyl (C=O) groups excluding carboxylic acids is 2. The highest BCUT2D eigenvalue weighted by Gasteiger charge is 2.26. The van der Waals surface area contributed by atoms with Gasteiger partial charge in [0.25, 0.3) is 0 Å². The Kier molecular flexibility index (Phi) is 6.72. The van der Waals surface area contributed by atoms with Crippen LogP contribution in [0.1, 0.15) is 56.6 Å². The minimum atomic E-state index is -0.727. The summed E-state index contributed by atoms with van der Waals surface area (Å²) in [6, 6.07) is 10.8. The fraction of sp³-hybridized carbons (Fsp3) is 0.407. The van der Waals surface area contributed by atoms with Gasteiger partial charge in [-0.1, -0.05) is 39.0 Å². The number of fused-ring (bicyclic) bond motifs is 3. The molecule has 3 aromatic rings. The lowest BCUT2D eigenvalue weighted by molar-refractivity contribution is -0.130. The fourth-order valence-corrected chi connectivity index (χ4v) is 4.70. The van der Waals surface area contributed by atoms with Gasteiger partial charge in [0.15, 0.2) is 0 Å². The van der Waals surface area contributed by atoms with E-state index in [-0.39, 0.29) is 5.70 Å². The summed E-state index contributed by atoms with van der Waals surface area (Å²) >= 11 is 0. The second-order valence-corrected chi connectivity index (χ2v) is 9.11. The van der Waals surface area contributed by atoms with Gasteiger partial charge in [-0.15, -0.1) is 0 Å². The minimum Gasteiger partial charge on any atom is -0.378 e. The van der Waals surface area contributed by atoms with Crippen LogP contribution in [0.3, 0.4) is 0 Å². The zero-order valence-corrected chi connectivity index (χ0v) is 20.0. The van der Waals surface area contributed by atoms with E-state index in [1.807, 2.05) is 14.1 Å². The summed E-state index contributed by atoms with van der Waals surface area (Å²) < 4.78 is 7.04. The summed E-state index contributed by atoms with van der Waals surface area (Å²) in [4.78, 5) is 25.4. The van der Waals surface area contributed by atoms with Crippen molar-refractivity contribution in [1.82, 2.24) is 9.88 Å². The van der Waals surface area contributed by atoms with Gasteiger partial charge in [-0.2, -0.15) is 0 Å². The molecule has 0 bridgehead atoms. The number of hydrogen-bond donors (Lipinski definition) is 1. The van der Waals surface area contributed by atoms with Crippen molar-refractivity contribution < 1.29 is 14.3 Å². The molecule has 1 aliphatic heterocycles. The zero-order chi connectivity index (χ0) is 23.5. The summed E-state index contributed by atoms with van der Waals surface area (Å²) in [7, 11) is 4.10. The Morgan fingerprint density at radius 3 is 2.45 bits per heavy atom. The second kappa shape index (κ2) is 9.69. The van der Waals surface area contributed by atoms with E-state index in [9.17, 15) is 9.59 Å². The third-order valence-electron chi connectivity index (χ3n) is 6.36. The maximum absolute atomic E-state index is 11.9. The molecule has 1 fully saturated rings. The molecule has 1 amide bonds. The Labute approximate surface area is 195 Å². The first-order valence-corrected chi connectivity index (χ1v) is 11.9. The summed E-state index contributed by atoms with van der Waals surface area (Å²) in [5.74, 6) is -0.641. The topological polar surface area (TPSA) is 63.6 Å². The molecule has 0 radical (unpaired) electrons. The summed E-state index contributed by atoms with van der Waals surface area (Å²) in [6.45, 7) is 5.34. The predicted octanol–water partition coefficient (Wildman–Crippen LogP) is 6.14. The number of carbonyl (C=O) groups is 2. The number of rotatable bonds is 9. The first-order chi connectivity index (χ1) is 15.9. The Hall–Kier alpha value is -3.28. The van der Waals surface area contributed by atoms with Crippen molar-refractivity contribution in [3.8, 4) is 0 Å². The van der Waals surface area contributed by atoms with Crippen LogP contribution in [0.25, 0.3) is 27.9 Å². The van der Waals surface area contributed by atoms with E-state index in [0.717, 1.165) is 35.2 Å².